The number of rotatable bonds is 6. The average Bonchev–Trinajstić information content (AvgIpc) is 3.41. The van der Waals surface area contributed by atoms with Gasteiger partial charge in [-0.1, -0.05) is 52.5 Å². The third-order valence-corrected chi connectivity index (χ3v) is 8.24. The minimum absolute atomic E-state index is 0.0878. The van der Waals surface area contributed by atoms with E-state index >= 15 is 0 Å². The summed E-state index contributed by atoms with van der Waals surface area (Å²) in [5, 5.41) is 12.3. The van der Waals surface area contributed by atoms with Gasteiger partial charge < -0.3 is 5.32 Å². The van der Waals surface area contributed by atoms with Crippen LogP contribution in [0.1, 0.15) is 33.0 Å². The molecule has 1 fully saturated rings. The molecule has 1 aliphatic carbocycles. The number of carbonyl (C=O) groups is 2. The third kappa shape index (κ3) is 5.31. The number of halogens is 7. The van der Waals surface area contributed by atoms with E-state index in [0.717, 1.165) is 6.07 Å². The Morgan fingerprint density at radius 2 is 1.64 bits per heavy atom. The molecule has 0 radical (unpaired) electrons. The molecule has 36 heavy (non-hydrogen) atoms. The summed E-state index contributed by atoms with van der Waals surface area (Å²) >= 11 is 37.2. The van der Waals surface area contributed by atoms with Crippen molar-refractivity contribution >= 4 is 87.0 Å². The summed E-state index contributed by atoms with van der Waals surface area (Å²) in [5.74, 6) is -3.08. The minimum Gasteiger partial charge on any atom is -0.326 e. The van der Waals surface area contributed by atoms with Gasteiger partial charge in [-0.2, -0.15) is 5.26 Å². The molecule has 11 heteroatoms. The summed E-state index contributed by atoms with van der Waals surface area (Å²) < 4.78 is 12.8. The van der Waals surface area contributed by atoms with E-state index in [1.54, 1.807) is 12.1 Å². The second-order valence-corrected chi connectivity index (χ2v) is 11.2. The maximum Gasteiger partial charge on any atom is 0.231 e. The fourth-order valence-electron chi connectivity index (χ4n) is 3.89. The van der Waals surface area contributed by atoms with Crippen LogP contribution in [-0.4, -0.2) is 16.0 Å². The second-order valence-electron chi connectivity index (χ2n) is 8.13. The second kappa shape index (κ2) is 10.4. The molecular formula is C25H13Cl6FN2O2. The molecule has 0 heterocycles. The van der Waals surface area contributed by atoms with Crippen molar-refractivity contribution in [2.45, 2.75) is 16.7 Å². The minimum atomic E-state index is -1.41. The topological polar surface area (TPSA) is 70.0 Å². The molecule has 0 spiro atoms. The van der Waals surface area contributed by atoms with Crippen LogP contribution in [0.3, 0.4) is 0 Å². The predicted molar refractivity (Wildman–Crippen MR) is 141 cm³/mol. The molecule has 0 bridgehead atoms. The van der Waals surface area contributed by atoms with Gasteiger partial charge in [-0.05, 0) is 53.6 Å². The van der Waals surface area contributed by atoms with E-state index in [1.807, 2.05) is 6.07 Å². The summed E-state index contributed by atoms with van der Waals surface area (Å²) in [7, 11) is 0. The van der Waals surface area contributed by atoms with E-state index in [1.165, 1.54) is 30.3 Å². The van der Waals surface area contributed by atoms with Crippen LogP contribution in [0.5, 0.6) is 0 Å². The Hall–Kier alpha value is -2.04. The number of nitriles is 1. The molecule has 0 aromatic heterocycles. The molecule has 4 rings (SSSR count). The Kier molecular flexibility index (Phi) is 7.78. The van der Waals surface area contributed by atoms with Gasteiger partial charge >= 0.3 is 0 Å². The quantitative estimate of drug-likeness (QED) is 0.175. The lowest BCUT2D eigenvalue weighted by molar-refractivity contribution is -0.117. The van der Waals surface area contributed by atoms with Gasteiger partial charge in [0.05, 0.1) is 37.6 Å². The van der Waals surface area contributed by atoms with Gasteiger partial charge in [-0.15, -0.1) is 23.2 Å². The lowest BCUT2D eigenvalue weighted by Crippen LogP contribution is -2.17. The van der Waals surface area contributed by atoms with E-state index in [-0.39, 0.29) is 48.9 Å². The Labute approximate surface area is 235 Å². The van der Waals surface area contributed by atoms with Gasteiger partial charge in [0.1, 0.15) is 10.2 Å². The summed E-state index contributed by atoms with van der Waals surface area (Å²) in [6.07, 6.45) is -0.288. The van der Waals surface area contributed by atoms with Crippen LogP contribution in [0.25, 0.3) is 0 Å². The molecular weight excluding hydrogens is 592 g/mol. The largest absolute Gasteiger partial charge is 0.326 e. The molecule has 3 aromatic rings. The van der Waals surface area contributed by atoms with Crippen LogP contribution < -0.4 is 5.32 Å². The zero-order valence-corrected chi connectivity index (χ0v) is 22.4. The highest BCUT2D eigenvalue weighted by Crippen LogP contribution is 2.65. The number of nitrogens with one attached hydrogen (secondary N) is 1. The molecule has 184 valence electrons. The zero-order valence-electron chi connectivity index (χ0n) is 17.9. The van der Waals surface area contributed by atoms with Crippen molar-refractivity contribution in [3.8, 4) is 6.07 Å². The van der Waals surface area contributed by atoms with Crippen molar-refractivity contribution in [2.75, 3.05) is 5.32 Å². The highest BCUT2D eigenvalue weighted by atomic mass is 35.5. The number of benzene rings is 3. The van der Waals surface area contributed by atoms with E-state index in [2.05, 4.69) is 5.32 Å². The number of ketones is 1. The van der Waals surface area contributed by atoms with Crippen LogP contribution in [0.2, 0.25) is 20.1 Å². The van der Waals surface area contributed by atoms with Gasteiger partial charge in [0.25, 0.3) is 0 Å². The Balaban J connectivity index is 1.52. The highest BCUT2D eigenvalue weighted by molar-refractivity contribution is 6.54. The van der Waals surface area contributed by atoms with Crippen molar-refractivity contribution in [1.82, 2.24) is 0 Å². The summed E-state index contributed by atoms with van der Waals surface area (Å²) in [5.41, 5.74) is 1.16. The first kappa shape index (κ1) is 27.0. The lowest BCUT2D eigenvalue weighted by Gasteiger charge is -2.10. The van der Waals surface area contributed by atoms with Crippen LogP contribution in [0.4, 0.5) is 10.1 Å². The highest BCUT2D eigenvalue weighted by Gasteiger charge is 2.67. The van der Waals surface area contributed by atoms with Crippen LogP contribution >= 0.6 is 69.6 Å². The number of Topliss-reactive ketones (excluding diaryl/α,β-unsaturated/α-hetero) is 1. The van der Waals surface area contributed by atoms with Crippen LogP contribution in [0, 0.1) is 23.1 Å². The van der Waals surface area contributed by atoms with Crippen molar-refractivity contribution in [1.29, 1.82) is 5.26 Å². The zero-order chi connectivity index (χ0) is 26.4. The molecule has 0 saturated heterocycles. The van der Waals surface area contributed by atoms with E-state index in [4.69, 9.17) is 74.9 Å². The third-order valence-electron chi connectivity index (χ3n) is 5.77. The molecule has 1 N–H and O–H groups in total. The first-order chi connectivity index (χ1) is 16.9. The number of nitrogens with zero attached hydrogens (tertiary/aromatic N) is 1. The van der Waals surface area contributed by atoms with E-state index in [0.29, 0.717) is 5.56 Å². The van der Waals surface area contributed by atoms with Crippen molar-refractivity contribution in [2.24, 2.45) is 5.92 Å². The number of amides is 1. The number of anilines is 1. The first-order valence-electron chi connectivity index (χ1n) is 10.3. The van der Waals surface area contributed by atoms with Crippen molar-refractivity contribution in [3.05, 3.63) is 96.7 Å². The van der Waals surface area contributed by atoms with Crippen LogP contribution in [0.15, 0.2) is 48.5 Å². The predicted octanol–water partition coefficient (Wildman–Crippen LogP) is 8.26. The molecule has 1 aliphatic rings. The fourth-order valence-corrected chi connectivity index (χ4v) is 5.55. The molecule has 2 atom stereocenters. The average molecular weight is 605 g/mol. The number of alkyl halides is 2. The SMILES string of the molecule is N#Cc1ccc(CC(=O)c2cc(NC(=O)C3C(c4cc(Cl)c(Cl)c(Cl)c4)C3(Cl)Cl)ccc2Cl)c(F)c1. The molecule has 3 aromatic carbocycles. The van der Waals surface area contributed by atoms with Crippen LogP contribution in [-0.2, 0) is 11.2 Å². The summed E-state index contributed by atoms with van der Waals surface area (Å²) in [4.78, 5) is 25.9. The number of hydrogen-bond acceptors (Lipinski definition) is 3. The van der Waals surface area contributed by atoms with Crippen molar-refractivity contribution in [3.63, 3.8) is 0 Å². The fraction of sp³-hybridized carbons (Fsp3) is 0.160. The van der Waals surface area contributed by atoms with E-state index < -0.39 is 33.7 Å². The standard InChI is InChI=1S/C25H13Cl6FN2O2/c26-16-4-3-14(9-15(16)20(35)8-12-2-1-11(10-33)5-19(12)32)34-24(36)22-21(25(22,30)31)13-6-17(27)23(29)18(28)7-13/h1-7,9,21-22H,8H2,(H,34,36). The van der Waals surface area contributed by atoms with Gasteiger partial charge in [0.2, 0.25) is 5.91 Å². The van der Waals surface area contributed by atoms with Gasteiger partial charge in [-0.25, -0.2) is 4.39 Å². The number of carbonyl (C=O) groups excluding carboxylic acids is 2. The van der Waals surface area contributed by atoms with Gasteiger partial charge in [-0.3, -0.25) is 9.59 Å². The Bertz CT molecular complexity index is 1430. The Morgan fingerprint density at radius 3 is 2.25 bits per heavy atom. The maximum atomic E-state index is 14.2. The summed E-state index contributed by atoms with van der Waals surface area (Å²) in [6, 6.07) is 13.1. The molecule has 4 nitrogen and oxygen atoms in total. The smallest absolute Gasteiger partial charge is 0.231 e. The Morgan fingerprint density at radius 1 is 0.972 bits per heavy atom. The van der Waals surface area contributed by atoms with Gasteiger partial charge in [0.15, 0.2) is 5.78 Å². The molecule has 1 amide bonds. The van der Waals surface area contributed by atoms with Gasteiger partial charge in [0, 0.05) is 23.6 Å². The molecule has 1 saturated carbocycles. The van der Waals surface area contributed by atoms with Crippen molar-refractivity contribution < 1.29 is 14.0 Å². The van der Waals surface area contributed by atoms with E-state index in [9.17, 15) is 14.0 Å². The summed E-state index contributed by atoms with van der Waals surface area (Å²) in [6.45, 7) is 0. The maximum absolute atomic E-state index is 14.2. The normalized spacial score (nSPS) is 17.8. The monoisotopic (exact) mass is 602 g/mol. The first-order valence-corrected chi connectivity index (χ1v) is 12.5. The number of hydrogen-bond donors (Lipinski definition) is 1. The molecule has 2 unspecified atom stereocenters. The lowest BCUT2D eigenvalue weighted by atomic mass is 10.0. The molecule has 0 aliphatic heterocycles.